The molecule has 0 spiro atoms. The van der Waals surface area contributed by atoms with Crippen LogP contribution in [0.3, 0.4) is 0 Å². The molecule has 1 unspecified atom stereocenters. The molecule has 0 aliphatic carbocycles. The predicted octanol–water partition coefficient (Wildman–Crippen LogP) is 2.85. The van der Waals surface area contributed by atoms with E-state index in [1.165, 1.54) is 4.88 Å². The smallest absolute Gasteiger partial charge is 0.0794 e. The number of nitrogens with zero attached hydrogens (tertiary/aromatic N) is 1. The van der Waals surface area contributed by atoms with Crippen molar-refractivity contribution in [2.24, 2.45) is 5.84 Å². The number of nitrogens with one attached hydrogen (secondary N) is 1. The quantitative estimate of drug-likeness (QED) is 0.662. The Kier molecular flexibility index (Phi) is 4.12. The van der Waals surface area contributed by atoms with Crippen LogP contribution in [0.15, 0.2) is 29.9 Å². The van der Waals surface area contributed by atoms with Crippen LogP contribution in [-0.2, 0) is 6.42 Å². The zero-order valence-corrected chi connectivity index (χ0v) is 11.1. The van der Waals surface area contributed by atoms with Crippen molar-refractivity contribution in [1.82, 2.24) is 10.4 Å². The van der Waals surface area contributed by atoms with Crippen LogP contribution in [0.1, 0.15) is 22.0 Å². The molecule has 2 rings (SSSR count). The van der Waals surface area contributed by atoms with Gasteiger partial charge in [0.2, 0.25) is 0 Å². The minimum absolute atomic E-state index is 0.0165. The standard InChI is InChI=1S/C12H14ClN3S/c1-8-3-2-4-10(12(8)13)11(16-14)5-9-6-15-7-17-9/h2-4,6-7,11,16H,5,14H2,1H3. The highest BCUT2D eigenvalue weighted by Crippen LogP contribution is 2.28. The maximum Gasteiger partial charge on any atom is 0.0794 e. The minimum Gasteiger partial charge on any atom is -0.271 e. The summed E-state index contributed by atoms with van der Waals surface area (Å²) in [6.45, 7) is 1.99. The Bertz CT molecular complexity index is 485. The van der Waals surface area contributed by atoms with Crippen molar-refractivity contribution in [2.75, 3.05) is 0 Å². The van der Waals surface area contributed by atoms with Crippen molar-refractivity contribution in [1.29, 1.82) is 0 Å². The van der Waals surface area contributed by atoms with Gasteiger partial charge in [0.05, 0.1) is 11.6 Å². The molecule has 1 aromatic heterocycles. The van der Waals surface area contributed by atoms with E-state index in [1.54, 1.807) is 11.3 Å². The van der Waals surface area contributed by atoms with E-state index in [2.05, 4.69) is 10.4 Å². The average Bonchev–Trinajstić information content (AvgIpc) is 2.83. The van der Waals surface area contributed by atoms with E-state index in [0.29, 0.717) is 0 Å². The summed E-state index contributed by atoms with van der Waals surface area (Å²) in [6, 6.07) is 6.00. The van der Waals surface area contributed by atoms with Gasteiger partial charge in [-0.3, -0.25) is 16.3 Å². The largest absolute Gasteiger partial charge is 0.271 e. The van der Waals surface area contributed by atoms with Gasteiger partial charge < -0.3 is 0 Å². The molecule has 0 saturated heterocycles. The van der Waals surface area contributed by atoms with Crippen LogP contribution >= 0.6 is 22.9 Å². The number of aryl methyl sites for hydroxylation is 1. The van der Waals surface area contributed by atoms with E-state index in [1.807, 2.05) is 36.8 Å². The fraction of sp³-hybridized carbons (Fsp3) is 0.250. The third-order valence-electron chi connectivity index (χ3n) is 2.69. The Morgan fingerprint density at radius 1 is 1.53 bits per heavy atom. The number of halogens is 1. The molecule has 0 saturated carbocycles. The van der Waals surface area contributed by atoms with Gasteiger partial charge in [-0.05, 0) is 18.1 Å². The molecule has 3 nitrogen and oxygen atoms in total. The molecule has 0 radical (unpaired) electrons. The highest BCUT2D eigenvalue weighted by atomic mass is 35.5. The van der Waals surface area contributed by atoms with E-state index in [0.717, 1.165) is 22.6 Å². The van der Waals surface area contributed by atoms with Crippen LogP contribution in [0.5, 0.6) is 0 Å². The van der Waals surface area contributed by atoms with Crippen molar-refractivity contribution < 1.29 is 0 Å². The van der Waals surface area contributed by atoms with Crippen LogP contribution in [-0.4, -0.2) is 4.98 Å². The molecule has 17 heavy (non-hydrogen) atoms. The topological polar surface area (TPSA) is 50.9 Å². The van der Waals surface area contributed by atoms with E-state index < -0.39 is 0 Å². The number of nitrogens with two attached hydrogens (primary N) is 1. The second-order valence-corrected chi connectivity index (χ2v) is 5.22. The molecular weight excluding hydrogens is 254 g/mol. The first-order valence-corrected chi connectivity index (χ1v) is 6.56. The summed E-state index contributed by atoms with van der Waals surface area (Å²) < 4.78 is 0. The normalized spacial score (nSPS) is 12.6. The molecule has 1 aromatic carbocycles. The van der Waals surface area contributed by atoms with Gasteiger partial charge >= 0.3 is 0 Å². The average molecular weight is 268 g/mol. The number of hydrogen-bond donors (Lipinski definition) is 2. The summed E-state index contributed by atoms with van der Waals surface area (Å²) in [4.78, 5) is 5.25. The lowest BCUT2D eigenvalue weighted by molar-refractivity contribution is 0.555. The highest BCUT2D eigenvalue weighted by Gasteiger charge is 2.15. The van der Waals surface area contributed by atoms with Gasteiger partial charge in [-0.1, -0.05) is 29.8 Å². The maximum atomic E-state index is 6.30. The number of hydrazine groups is 1. The molecule has 0 bridgehead atoms. The first kappa shape index (κ1) is 12.5. The first-order chi connectivity index (χ1) is 8.22. The van der Waals surface area contributed by atoms with Gasteiger partial charge in [-0.25, -0.2) is 0 Å². The molecule has 0 aliphatic heterocycles. The van der Waals surface area contributed by atoms with Crippen molar-refractivity contribution in [3.63, 3.8) is 0 Å². The molecule has 0 aliphatic rings. The summed E-state index contributed by atoms with van der Waals surface area (Å²) >= 11 is 7.92. The lowest BCUT2D eigenvalue weighted by atomic mass is 10.0. The van der Waals surface area contributed by atoms with Gasteiger partial charge in [-0.15, -0.1) is 11.3 Å². The van der Waals surface area contributed by atoms with Crippen LogP contribution in [0.25, 0.3) is 0 Å². The Labute approximate surface area is 110 Å². The molecule has 5 heteroatoms. The second-order valence-electron chi connectivity index (χ2n) is 3.87. The third kappa shape index (κ3) is 2.84. The van der Waals surface area contributed by atoms with Crippen LogP contribution in [0, 0.1) is 6.92 Å². The monoisotopic (exact) mass is 267 g/mol. The van der Waals surface area contributed by atoms with Gasteiger partial charge in [0.1, 0.15) is 0 Å². The molecule has 1 heterocycles. The van der Waals surface area contributed by atoms with Gasteiger partial charge in [0, 0.05) is 22.5 Å². The Balaban J connectivity index is 2.26. The Hall–Kier alpha value is -0.940. The zero-order valence-electron chi connectivity index (χ0n) is 9.48. The zero-order chi connectivity index (χ0) is 12.3. The lowest BCUT2D eigenvalue weighted by Crippen LogP contribution is -2.29. The predicted molar refractivity (Wildman–Crippen MR) is 72.1 cm³/mol. The van der Waals surface area contributed by atoms with Crippen LogP contribution in [0.4, 0.5) is 0 Å². The van der Waals surface area contributed by atoms with E-state index >= 15 is 0 Å². The number of aromatic nitrogens is 1. The molecular formula is C12H14ClN3S. The number of thiazole rings is 1. The van der Waals surface area contributed by atoms with Gasteiger partial charge in [-0.2, -0.15) is 0 Å². The molecule has 0 fully saturated rings. The van der Waals surface area contributed by atoms with Gasteiger partial charge in [0.15, 0.2) is 0 Å². The second kappa shape index (κ2) is 5.60. The van der Waals surface area contributed by atoms with Crippen molar-refractivity contribution in [3.8, 4) is 0 Å². The number of benzene rings is 1. The highest BCUT2D eigenvalue weighted by molar-refractivity contribution is 7.09. The maximum absolute atomic E-state index is 6.30. The summed E-state index contributed by atoms with van der Waals surface area (Å²) in [5.41, 5.74) is 6.73. The summed E-state index contributed by atoms with van der Waals surface area (Å²) in [5, 5.41) is 0.778. The van der Waals surface area contributed by atoms with Crippen molar-refractivity contribution in [3.05, 3.63) is 50.9 Å². The molecule has 0 amide bonds. The third-order valence-corrected chi connectivity index (χ3v) is 4.01. The lowest BCUT2D eigenvalue weighted by Gasteiger charge is -2.17. The summed E-state index contributed by atoms with van der Waals surface area (Å²) in [5.74, 6) is 5.62. The van der Waals surface area contributed by atoms with E-state index in [-0.39, 0.29) is 6.04 Å². The Morgan fingerprint density at radius 3 is 3.00 bits per heavy atom. The van der Waals surface area contributed by atoms with Crippen molar-refractivity contribution >= 4 is 22.9 Å². The van der Waals surface area contributed by atoms with Gasteiger partial charge in [0.25, 0.3) is 0 Å². The molecule has 3 N–H and O–H groups in total. The number of rotatable bonds is 4. The fourth-order valence-electron chi connectivity index (χ4n) is 1.74. The van der Waals surface area contributed by atoms with Crippen LogP contribution < -0.4 is 11.3 Å². The molecule has 2 aromatic rings. The minimum atomic E-state index is 0.0165. The number of hydrogen-bond acceptors (Lipinski definition) is 4. The fourth-order valence-corrected chi connectivity index (χ4v) is 2.64. The van der Waals surface area contributed by atoms with E-state index in [4.69, 9.17) is 17.4 Å². The molecule has 90 valence electrons. The summed E-state index contributed by atoms with van der Waals surface area (Å²) in [6.07, 6.45) is 2.66. The molecule has 1 atom stereocenters. The first-order valence-electron chi connectivity index (χ1n) is 5.31. The Morgan fingerprint density at radius 2 is 2.35 bits per heavy atom. The van der Waals surface area contributed by atoms with E-state index in [9.17, 15) is 0 Å². The SMILES string of the molecule is Cc1cccc(C(Cc2cncs2)NN)c1Cl. The van der Waals surface area contributed by atoms with Crippen LogP contribution in [0.2, 0.25) is 5.02 Å². The van der Waals surface area contributed by atoms with Crippen molar-refractivity contribution in [2.45, 2.75) is 19.4 Å². The summed E-state index contributed by atoms with van der Waals surface area (Å²) in [7, 11) is 0.